The van der Waals surface area contributed by atoms with E-state index in [-0.39, 0.29) is 17.1 Å². The first-order chi connectivity index (χ1) is 9.82. The summed E-state index contributed by atoms with van der Waals surface area (Å²) in [6, 6.07) is 4.67. The average Bonchev–Trinajstić information content (AvgIpc) is 2.47. The number of nitrogens with zero attached hydrogens (tertiary/aromatic N) is 2. The molecule has 0 spiro atoms. The van der Waals surface area contributed by atoms with Crippen molar-refractivity contribution in [3.05, 3.63) is 34.4 Å². The molecule has 9 heteroatoms. The Morgan fingerprint density at radius 3 is 2.48 bits per heavy atom. The van der Waals surface area contributed by atoms with E-state index >= 15 is 0 Å². The number of nitro groups is 1. The van der Waals surface area contributed by atoms with Gasteiger partial charge in [-0.05, 0) is 25.0 Å². The standard InChI is InChI=1S/C12H15N3O5S/c13-12(16)9-2-1-7-14(8-9)21(19,20)11-5-3-10(4-6-11)15(17)18/h3-6,9H,1-2,7-8H2,(H2,13,16). The highest BCUT2D eigenvalue weighted by Gasteiger charge is 2.32. The van der Waals surface area contributed by atoms with Crippen LogP contribution in [-0.4, -0.2) is 36.6 Å². The van der Waals surface area contributed by atoms with Gasteiger partial charge in [-0.1, -0.05) is 0 Å². The Morgan fingerprint density at radius 1 is 1.33 bits per heavy atom. The third-order valence-electron chi connectivity index (χ3n) is 3.47. The molecule has 2 N–H and O–H groups in total. The van der Waals surface area contributed by atoms with E-state index in [0.29, 0.717) is 19.4 Å². The first-order valence-electron chi connectivity index (χ1n) is 6.36. The molecule has 2 rings (SSSR count). The number of amides is 1. The molecule has 1 aliphatic heterocycles. The fraction of sp³-hybridized carbons (Fsp3) is 0.417. The molecule has 1 aliphatic rings. The van der Waals surface area contributed by atoms with Crippen LogP contribution in [0.3, 0.4) is 0 Å². The highest BCUT2D eigenvalue weighted by Crippen LogP contribution is 2.24. The summed E-state index contributed by atoms with van der Waals surface area (Å²) in [6.07, 6.45) is 1.13. The number of nitro benzene ring substituents is 1. The molecule has 0 aromatic heterocycles. The van der Waals surface area contributed by atoms with Crippen LogP contribution in [0.25, 0.3) is 0 Å². The lowest BCUT2D eigenvalue weighted by Crippen LogP contribution is -2.44. The van der Waals surface area contributed by atoms with Gasteiger partial charge in [-0.3, -0.25) is 14.9 Å². The van der Waals surface area contributed by atoms with Crippen molar-refractivity contribution < 1.29 is 18.1 Å². The number of hydrogen-bond donors (Lipinski definition) is 1. The van der Waals surface area contributed by atoms with Crippen LogP contribution in [0.2, 0.25) is 0 Å². The molecule has 1 amide bonds. The van der Waals surface area contributed by atoms with Gasteiger partial charge in [-0.25, -0.2) is 8.42 Å². The number of non-ortho nitro benzene ring substituents is 1. The molecule has 0 aliphatic carbocycles. The van der Waals surface area contributed by atoms with Crippen molar-refractivity contribution in [1.82, 2.24) is 4.31 Å². The summed E-state index contributed by atoms with van der Waals surface area (Å²) in [5.74, 6) is -1.01. The van der Waals surface area contributed by atoms with E-state index in [2.05, 4.69) is 0 Å². The zero-order chi connectivity index (χ0) is 15.6. The van der Waals surface area contributed by atoms with Crippen LogP contribution in [0.15, 0.2) is 29.2 Å². The second kappa shape index (κ2) is 5.78. The normalized spacial score (nSPS) is 20.1. The maximum Gasteiger partial charge on any atom is 0.269 e. The number of sulfonamides is 1. The molecular formula is C12H15N3O5S. The minimum atomic E-state index is -3.77. The maximum atomic E-state index is 12.4. The van der Waals surface area contributed by atoms with Gasteiger partial charge in [0.05, 0.1) is 15.7 Å². The third kappa shape index (κ3) is 3.19. The molecule has 1 fully saturated rings. The van der Waals surface area contributed by atoms with Gasteiger partial charge in [0, 0.05) is 25.2 Å². The summed E-state index contributed by atoms with van der Waals surface area (Å²) >= 11 is 0. The van der Waals surface area contributed by atoms with Crippen LogP contribution in [0.1, 0.15) is 12.8 Å². The summed E-state index contributed by atoms with van der Waals surface area (Å²) in [4.78, 5) is 21.2. The molecule has 8 nitrogen and oxygen atoms in total. The number of nitrogens with two attached hydrogens (primary N) is 1. The van der Waals surface area contributed by atoms with Gasteiger partial charge < -0.3 is 5.73 Å². The number of carbonyl (C=O) groups is 1. The van der Waals surface area contributed by atoms with Gasteiger partial charge >= 0.3 is 0 Å². The van der Waals surface area contributed by atoms with Crippen LogP contribution in [-0.2, 0) is 14.8 Å². The first-order valence-corrected chi connectivity index (χ1v) is 7.80. The molecule has 1 unspecified atom stereocenters. The second-order valence-corrected chi connectivity index (χ2v) is 6.79. The molecular weight excluding hydrogens is 298 g/mol. The number of rotatable bonds is 4. The van der Waals surface area contributed by atoms with Crippen molar-refractivity contribution in [1.29, 1.82) is 0 Å². The Morgan fingerprint density at radius 2 is 1.95 bits per heavy atom. The summed E-state index contributed by atoms with van der Waals surface area (Å²) in [5.41, 5.74) is 5.05. The topological polar surface area (TPSA) is 124 Å². The zero-order valence-corrected chi connectivity index (χ0v) is 12.0. The van der Waals surface area contributed by atoms with E-state index in [1.54, 1.807) is 0 Å². The van der Waals surface area contributed by atoms with Crippen molar-refractivity contribution in [2.24, 2.45) is 11.7 Å². The molecule has 1 heterocycles. The lowest BCUT2D eigenvalue weighted by molar-refractivity contribution is -0.384. The van der Waals surface area contributed by atoms with E-state index in [0.717, 1.165) is 12.1 Å². The zero-order valence-electron chi connectivity index (χ0n) is 11.1. The summed E-state index contributed by atoms with van der Waals surface area (Å²) in [6.45, 7) is 0.359. The van der Waals surface area contributed by atoms with E-state index < -0.39 is 26.8 Å². The Bertz CT molecular complexity index is 656. The van der Waals surface area contributed by atoms with Crippen molar-refractivity contribution in [2.45, 2.75) is 17.7 Å². The third-order valence-corrected chi connectivity index (χ3v) is 5.35. The predicted octanol–water partition coefficient (Wildman–Crippen LogP) is 0.481. The monoisotopic (exact) mass is 313 g/mol. The van der Waals surface area contributed by atoms with Crippen molar-refractivity contribution in [3.8, 4) is 0 Å². The number of primary amides is 1. The Balaban J connectivity index is 2.24. The van der Waals surface area contributed by atoms with Gasteiger partial charge in [-0.2, -0.15) is 4.31 Å². The molecule has 21 heavy (non-hydrogen) atoms. The SMILES string of the molecule is NC(=O)C1CCCN(S(=O)(=O)c2ccc([N+](=O)[O-])cc2)C1. The lowest BCUT2D eigenvalue weighted by Gasteiger charge is -2.30. The highest BCUT2D eigenvalue weighted by molar-refractivity contribution is 7.89. The van der Waals surface area contributed by atoms with Gasteiger partial charge in [0.25, 0.3) is 5.69 Å². The molecule has 1 saturated heterocycles. The second-order valence-electron chi connectivity index (χ2n) is 4.86. The molecule has 1 atom stereocenters. The van der Waals surface area contributed by atoms with Crippen molar-refractivity contribution in [3.63, 3.8) is 0 Å². The van der Waals surface area contributed by atoms with E-state index in [9.17, 15) is 23.3 Å². The molecule has 1 aromatic rings. The van der Waals surface area contributed by atoms with Gasteiger partial charge in [0.1, 0.15) is 0 Å². The first kappa shape index (κ1) is 15.4. The molecule has 0 saturated carbocycles. The fourth-order valence-corrected chi connectivity index (χ4v) is 3.81. The van der Waals surface area contributed by atoms with Crippen molar-refractivity contribution in [2.75, 3.05) is 13.1 Å². The predicted molar refractivity (Wildman–Crippen MR) is 73.8 cm³/mol. The summed E-state index contributed by atoms with van der Waals surface area (Å²) in [5, 5.41) is 10.6. The van der Waals surface area contributed by atoms with Crippen LogP contribution in [0.4, 0.5) is 5.69 Å². The van der Waals surface area contributed by atoms with Gasteiger partial charge in [-0.15, -0.1) is 0 Å². The number of benzene rings is 1. The number of piperidine rings is 1. The van der Waals surface area contributed by atoms with Crippen LogP contribution < -0.4 is 5.73 Å². The van der Waals surface area contributed by atoms with E-state index in [4.69, 9.17) is 5.73 Å². The Hall–Kier alpha value is -2.00. The minimum absolute atomic E-state index is 0.0294. The quantitative estimate of drug-likeness (QED) is 0.639. The van der Waals surface area contributed by atoms with E-state index in [1.165, 1.54) is 16.4 Å². The highest BCUT2D eigenvalue weighted by atomic mass is 32.2. The van der Waals surface area contributed by atoms with Crippen LogP contribution in [0.5, 0.6) is 0 Å². The lowest BCUT2D eigenvalue weighted by atomic mass is 9.99. The summed E-state index contributed by atoms with van der Waals surface area (Å²) in [7, 11) is -3.77. The smallest absolute Gasteiger partial charge is 0.269 e. The number of carbonyl (C=O) groups excluding carboxylic acids is 1. The molecule has 0 bridgehead atoms. The molecule has 1 aromatic carbocycles. The summed E-state index contributed by atoms with van der Waals surface area (Å²) < 4.78 is 26.1. The Labute approximate surface area is 121 Å². The van der Waals surface area contributed by atoms with Gasteiger partial charge in [0.15, 0.2) is 0 Å². The molecule has 0 radical (unpaired) electrons. The molecule has 114 valence electrons. The van der Waals surface area contributed by atoms with Crippen LogP contribution in [0, 0.1) is 16.0 Å². The largest absolute Gasteiger partial charge is 0.369 e. The number of hydrogen-bond acceptors (Lipinski definition) is 5. The fourth-order valence-electron chi connectivity index (χ4n) is 2.28. The average molecular weight is 313 g/mol. The maximum absolute atomic E-state index is 12.4. The Kier molecular flexibility index (Phi) is 4.24. The van der Waals surface area contributed by atoms with Crippen molar-refractivity contribution >= 4 is 21.6 Å². The minimum Gasteiger partial charge on any atom is -0.369 e. The van der Waals surface area contributed by atoms with Gasteiger partial charge in [0.2, 0.25) is 15.9 Å². The van der Waals surface area contributed by atoms with E-state index in [1.807, 2.05) is 0 Å². The van der Waals surface area contributed by atoms with Crippen LogP contribution >= 0.6 is 0 Å².